The molecule has 0 bridgehead atoms. The van der Waals surface area contributed by atoms with E-state index >= 15 is 0 Å². The lowest BCUT2D eigenvalue weighted by Gasteiger charge is -2.24. The molecule has 134 valence electrons. The highest BCUT2D eigenvalue weighted by molar-refractivity contribution is 7.89. The Morgan fingerprint density at radius 3 is 2.92 bits per heavy atom. The van der Waals surface area contributed by atoms with Gasteiger partial charge in [-0.25, -0.2) is 12.8 Å². The summed E-state index contributed by atoms with van der Waals surface area (Å²) in [5.74, 6) is -1.62. The monoisotopic (exact) mass is 367 g/mol. The van der Waals surface area contributed by atoms with Crippen LogP contribution >= 0.6 is 0 Å². The van der Waals surface area contributed by atoms with Gasteiger partial charge in [-0.05, 0) is 12.5 Å². The molecule has 25 heavy (non-hydrogen) atoms. The van der Waals surface area contributed by atoms with Crippen LogP contribution in [0.2, 0.25) is 0 Å². The fourth-order valence-electron chi connectivity index (χ4n) is 3.17. The van der Waals surface area contributed by atoms with Gasteiger partial charge in [0.2, 0.25) is 10.0 Å². The van der Waals surface area contributed by atoms with Gasteiger partial charge in [0.25, 0.3) is 0 Å². The van der Waals surface area contributed by atoms with Crippen molar-refractivity contribution in [1.82, 2.24) is 9.29 Å². The molecule has 1 aromatic heterocycles. The molecule has 1 saturated heterocycles. The van der Waals surface area contributed by atoms with E-state index in [0.717, 1.165) is 10.5 Å². The number of fused-ring (bicyclic) bond motifs is 1. The maximum absolute atomic E-state index is 14.2. The van der Waals surface area contributed by atoms with Crippen LogP contribution in [-0.4, -0.2) is 49.9 Å². The van der Waals surface area contributed by atoms with Crippen LogP contribution in [0, 0.1) is 11.7 Å². The minimum atomic E-state index is -4.07. The van der Waals surface area contributed by atoms with E-state index in [1.807, 2.05) is 0 Å². The van der Waals surface area contributed by atoms with Gasteiger partial charge in [-0.2, -0.15) is 4.31 Å². The number of carbonyl (C=O) groups is 1. The predicted molar refractivity (Wildman–Crippen MR) is 88.6 cm³/mol. The molecular weight excluding hydrogens is 349 g/mol. The fourth-order valence-corrected chi connectivity index (χ4v) is 4.96. The standard InChI is InChI=1S/C16H18FN3O4S/c1-24-9-13(21)11-5-6-20(16(11)18)25(22,23)14-4-2-3-10-7-19-8-12(17)15(10)14/h2-4,7-8,11,16H,5-6,9,18H2,1H3/t11?,16-/m1/s1. The molecule has 0 saturated carbocycles. The van der Waals surface area contributed by atoms with Gasteiger partial charge in [0.05, 0.1) is 23.2 Å². The molecule has 2 aromatic rings. The number of ether oxygens (including phenoxy) is 1. The quantitative estimate of drug-likeness (QED) is 0.842. The summed E-state index contributed by atoms with van der Waals surface area (Å²) in [6.07, 6.45) is 1.66. The van der Waals surface area contributed by atoms with E-state index in [0.29, 0.717) is 11.8 Å². The lowest BCUT2D eigenvalue weighted by Crippen LogP contribution is -2.46. The van der Waals surface area contributed by atoms with Crippen molar-refractivity contribution in [3.05, 3.63) is 36.4 Å². The fraction of sp³-hybridized carbons (Fsp3) is 0.375. The number of Topliss-reactive ketones (excluding diaryl/α,β-unsaturated/α-hetero) is 1. The second kappa shape index (κ2) is 6.75. The number of benzene rings is 1. The first-order valence-electron chi connectivity index (χ1n) is 7.69. The van der Waals surface area contributed by atoms with Crippen molar-refractivity contribution in [2.45, 2.75) is 17.5 Å². The average Bonchev–Trinajstić information content (AvgIpc) is 2.97. The maximum atomic E-state index is 14.2. The molecule has 2 heterocycles. The highest BCUT2D eigenvalue weighted by atomic mass is 32.2. The summed E-state index contributed by atoms with van der Waals surface area (Å²) < 4.78 is 46.2. The number of aromatic nitrogens is 1. The van der Waals surface area contributed by atoms with Gasteiger partial charge in [0, 0.05) is 30.6 Å². The zero-order chi connectivity index (χ0) is 18.2. The molecule has 1 aliphatic rings. The van der Waals surface area contributed by atoms with E-state index in [1.54, 1.807) is 6.07 Å². The average molecular weight is 367 g/mol. The number of carbonyl (C=O) groups excluding carboxylic acids is 1. The van der Waals surface area contributed by atoms with Crippen LogP contribution < -0.4 is 5.73 Å². The van der Waals surface area contributed by atoms with Crippen molar-refractivity contribution in [3.63, 3.8) is 0 Å². The molecule has 3 rings (SSSR count). The zero-order valence-electron chi connectivity index (χ0n) is 13.6. The molecule has 0 amide bonds. The summed E-state index contributed by atoms with van der Waals surface area (Å²) in [5, 5.41) is 0.345. The number of methoxy groups -OCH3 is 1. The Balaban J connectivity index is 2.03. The van der Waals surface area contributed by atoms with Gasteiger partial charge in [-0.15, -0.1) is 0 Å². The van der Waals surface area contributed by atoms with Crippen molar-refractivity contribution < 1.29 is 22.3 Å². The SMILES string of the molecule is COCC(=O)C1CCN(S(=O)(=O)c2cccc3cncc(F)c23)[C@H]1N. The largest absolute Gasteiger partial charge is 0.377 e. The third kappa shape index (κ3) is 3.04. The smallest absolute Gasteiger partial charge is 0.245 e. The lowest BCUT2D eigenvalue weighted by atomic mass is 10.0. The second-order valence-corrected chi connectivity index (χ2v) is 7.74. The van der Waals surface area contributed by atoms with Gasteiger partial charge < -0.3 is 10.5 Å². The maximum Gasteiger partial charge on any atom is 0.245 e. The molecule has 1 aromatic carbocycles. The minimum Gasteiger partial charge on any atom is -0.377 e. The molecule has 2 atom stereocenters. The van der Waals surface area contributed by atoms with E-state index in [1.165, 1.54) is 25.4 Å². The Bertz CT molecular complexity index is 913. The highest BCUT2D eigenvalue weighted by Gasteiger charge is 2.43. The normalized spacial score (nSPS) is 21.7. The molecule has 1 aliphatic heterocycles. The molecular formula is C16H18FN3O4S. The Labute approximate surface area is 144 Å². The molecule has 0 radical (unpaired) electrons. The summed E-state index contributed by atoms with van der Waals surface area (Å²) >= 11 is 0. The van der Waals surface area contributed by atoms with Crippen molar-refractivity contribution in [3.8, 4) is 0 Å². The number of ketones is 1. The number of hydrogen-bond donors (Lipinski definition) is 1. The predicted octanol–water partition coefficient (Wildman–Crippen LogP) is 0.885. The Hall–Kier alpha value is -1.94. The van der Waals surface area contributed by atoms with E-state index in [-0.39, 0.29) is 29.2 Å². The third-order valence-electron chi connectivity index (χ3n) is 4.39. The van der Waals surface area contributed by atoms with Gasteiger partial charge in [0.15, 0.2) is 11.6 Å². The summed E-state index contributed by atoms with van der Waals surface area (Å²) in [6.45, 7) is -0.0342. The Kier molecular flexibility index (Phi) is 4.83. The van der Waals surface area contributed by atoms with Crippen molar-refractivity contribution >= 4 is 26.6 Å². The number of rotatable bonds is 5. The number of nitrogens with two attached hydrogens (primary N) is 1. The second-order valence-electron chi connectivity index (χ2n) is 5.88. The van der Waals surface area contributed by atoms with E-state index < -0.39 is 27.9 Å². The first-order chi connectivity index (χ1) is 11.9. The van der Waals surface area contributed by atoms with Crippen LogP contribution in [0.4, 0.5) is 4.39 Å². The van der Waals surface area contributed by atoms with Gasteiger partial charge in [-0.3, -0.25) is 9.78 Å². The van der Waals surface area contributed by atoms with E-state index in [2.05, 4.69) is 4.98 Å². The number of pyridine rings is 1. The molecule has 0 aliphatic carbocycles. The Morgan fingerprint density at radius 1 is 1.44 bits per heavy atom. The molecule has 7 nitrogen and oxygen atoms in total. The summed E-state index contributed by atoms with van der Waals surface area (Å²) in [5.41, 5.74) is 6.02. The first kappa shape index (κ1) is 17.9. The van der Waals surface area contributed by atoms with Crippen molar-refractivity contribution in [1.29, 1.82) is 0 Å². The van der Waals surface area contributed by atoms with Crippen molar-refractivity contribution in [2.24, 2.45) is 11.7 Å². The molecule has 0 spiro atoms. The van der Waals surface area contributed by atoms with Crippen LogP contribution in [0.15, 0.2) is 35.5 Å². The first-order valence-corrected chi connectivity index (χ1v) is 9.13. The van der Waals surface area contributed by atoms with Gasteiger partial charge >= 0.3 is 0 Å². The van der Waals surface area contributed by atoms with E-state index in [4.69, 9.17) is 10.5 Å². The highest BCUT2D eigenvalue weighted by Crippen LogP contribution is 2.32. The number of nitrogens with zero attached hydrogens (tertiary/aromatic N) is 2. The van der Waals surface area contributed by atoms with E-state index in [9.17, 15) is 17.6 Å². The van der Waals surface area contributed by atoms with Crippen molar-refractivity contribution in [2.75, 3.05) is 20.3 Å². The number of halogens is 1. The molecule has 9 heteroatoms. The van der Waals surface area contributed by atoms with Gasteiger partial charge in [-0.1, -0.05) is 12.1 Å². The van der Waals surface area contributed by atoms with Crippen LogP contribution in [0.1, 0.15) is 6.42 Å². The van der Waals surface area contributed by atoms with Crippen LogP contribution in [-0.2, 0) is 19.6 Å². The molecule has 1 unspecified atom stereocenters. The lowest BCUT2D eigenvalue weighted by molar-refractivity contribution is -0.127. The number of sulfonamides is 1. The number of hydrogen-bond acceptors (Lipinski definition) is 6. The van der Waals surface area contributed by atoms with Crippen LogP contribution in [0.5, 0.6) is 0 Å². The van der Waals surface area contributed by atoms with Crippen LogP contribution in [0.25, 0.3) is 10.8 Å². The third-order valence-corrected chi connectivity index (χ3v) is 6.33. The van der Waals surface area contributed by atoms with Gasteiger partial charge in [0.1, 0.15) is 6.61 Å². The summed E-state index contributed by atoms with van der Waals surface area (Å²) in [7, 11) is -2.68. The zero-order valence-corrected chi connectivity index (χ0v) is 14.4. The summed E-state index contributed by atoms with van der Waals surface area (Å²) in [4.78, 5) is 15.6. The minimum absolute atomic E-state index is 0.0311. The molecule has 1 fully saturated rings. The topological polar surface area (TPSA) is 103 Å². The molecule has 2 N–H and O–H groups in total. The summed E-state index contributed by atoms with van der Waals surface area (Å²) in [6, 6.07) is 4.43. The Morgan fingerprint density at radius 2 is 2.20 bits per heavy atom. The van der Waals surface area contributed by atoms with Crippen LogP contribution in [0.3, 0.4) is 0 Å².